The lowest BCUT2D eigenvalue weighted by molar-refractivity contribution is -0.130. The lowest BCUT2D eigenvalue weighted by atomic mass is 10.1. The number of carbonyl (C=O) groups is 3. The second kappa shape index (κ2) is 6.93. The van der Waals surface area contributed by atoms with Crippen LogP contribution >= 0.6 is 0 Å². The monoisotopic (exact) mass is 340 g/mol. The van der Waals surface area contributed by atoms with Crippen LogP contribution in [-0.4, -0.2) is 41.1 Å². The first-order valence-corrected chi connectivity index (χ1v) is 8.20. The molecule has 0 unspecified atom stereocenters. The molecule has 25 heavy (non-hydrogen) atoms. The molecular formula is C19H20N2O4. The number of hydrogen-bond donors (Lipinski definition) is 0. The van der Waals surface area contributed by atoms with Gasteiger partial charge in [-0.2, -0.15) is 0 Å². The molecule has 3 rings (SSSR count). The van der Waals surface area contributed by atoms with Crippen molar-refractivity contribution in [1.29, 1.82) is 0 Å². The van der Waals surface area contributed by atoms with Crippen molar-refractivity contribution in [2.45, 2.75) is 26.3 Å². The van der Waals surface area contributed by atoms with Crippen molar-refractivity contribution >= 4 is 17.7 Å². The van der Waals surface area contributed by atoms with Crippen LogP contribution in [0.5, 0.6) is 0 Å². The molecule has 0 bridgehead atoms. The Morgan fingerprint density at radius 1 is 1.16 bits per heavy atom. The van der Waals surface area contributed by atoms with Gasteiger partial charge in [-0.3, -0.25) is 19.3 Å². The molecule has 6 heteroatoms. The highest BCUT2D eigenvalue weighted by Crippen LogP contribution is 2.24. The topological polar surface area (TPSA) is 70.8 Å². The third kappa shape index (κ3) is 3.47. The van der Waals surface area contributed by atoms with Crippen molar-refractivity contribution in [3.8, 4) is 0 Å². The Morgan fingerprint density at radius 2 is 1.92 bits per heavy atom. The molecule has 0 radical (unpaired) electrons. The molecule has 130 valence electrons. The fourth-order valence-corrected chi connectivity index (χ4v) is 2.91. The van der Waals surface area contributed by atoms with Gasteiger partial charge in [0.25, 0.3) is 11.8 Å². The smallest absolute Gasteiger partial charge is 0.261 e. The maximum atomic E-state index is 12.4. The van der Waals surface area contributed by atoms with Gasteiger partial charge >= 0.3 is 0 Å². The number of nitrogens with zero attached hydrogens (tertiary/aromatic N) is 2. The minimum atomic E-state index is -0.281. The number of carbonyl (C=O) groups excluding carboxylic acids is 3. The van der Waals surface area contributed by atoms with Gasteiger partial charge in [-0.25, -0.2) is 0 Å². The molecule has 0 N–H and O–H groups in total. The van der Waals surface area contributed by atoms with E-state index in [1.807, 2.05) is 19.1 Å². The molecule has 0 fully saturated rings. The normalized spacial score (nSPS) is 13.3. The third-order valence-electron chi connectivity index (χ3n) is 4.30. The molecule has 2 heterocycles. The summed E-state index contributed by atoms with van der Waals surface area (Å²) in [6.45, 7) is 2.53. The van der Waals surface area contributed by atoms with Crippen molar-refractivity contribution in [2.24, 2.45) is 0 Å². The first-order valence-electron chi connectivity index (χ1n) is 8.20. The number of fused-ring (bicyclic) bond motifs is 1. The van der Waals surface area contributed by atoms with E-state index in [0.29, 0.717) is 29.9 Å². The van der Waals surface area contributed by atoms with Crippen molar-refractivity contribution in [3.05, 3.63) is 59.0 Å². The zero-order valence-electron chi connectivity index (χ0n) is 14.3. The van der Waals surface area contributed by atoms with Crippen LogP contribution in [0.4, 0.5) is 0 Å². The van der Waals surface area contributed by atoms with E-state index in [4.69, 9.17) is 4.42 Å². The van der Waals surface area contributed by atoms with Crippen LogP contribution in [0.15, 0.2) is 41.0 Å². The van der Waals surface area contributed by atoms with Gasteiger partial charge < -0.3 is 9.32 Å². The van der Waals surface area contributed by atoms with E-state index >= 15 is 0 Å². The average Bonchev–Trinajstić information content (AvgIpc) is 3.17. The highest BCUT2D eigenvalue weighted by atomic mass is 16.3. The van der Waals surface area contributed by atoms with Gasteiger partial charge in [0.15, 0.2) is 0 Å². The summed E-state index contributed by atoms with van der Waals surface area (Å²) in [4.78, 5) is 39.7. The van der Waals surface area contributed by atoms with Crippen LogP contribution in [0.25, 0.3) is 0 Å². The third-order valence-corrected chi connectivity index (χ3v) is 4.30. The Labute approximate surface area is 146 Å². The molecule has 2 aromatic rings. The predicted molar refractivity (Wildman–Crippen MR) is 91.0 cm³/mol. The zero-order valence-corrected chi connectivity index (χ0v) is 14.3. The summed E-state index contributed by atoms with van der Waals surface area (Å²) in [5.41, 5.74) is 1.83. The summed E-state index contributed by atoms with van der Waals surface area (Å²) in [7, 11) is 1.70. The number of benzene rings is 1. The molecule has 1 aliphatic rings. The van der Waals surface area contributed by atoms with Crippen molar-refractivity contribution in [1.82, 2.24) is 9.80 Å². The van der Waals surface area contributed by atoms with Crippen LogP contribution in [0, 0.1) is 6.92 Å². The lowest BCUT2D eigenvalue weighted by Crippen LogP contribution is -2.32. The molecular weight excluding hydrogens is 320 g/mol. The van der Waals surface area contributed by atoms with Crippen molar-refractivity contribution in [2.75, 3.05) is 13.6 Å². The molecule has 0 atom stereocenters. The molecule has 0 saturated carbocycles. The Hall–Kier alpha value is -2.89. The van der Waals surface area contributed by atoms with Crippen molar-refractivity contribution < 1.29 is 18.8 Å². The lowest BCUT2D eigenvalue weighted by Gasteiger charge is -2.17. The Kier molecular flexibility index (Phi) is 4.70. The Bertz CT molecular complexity index is 811. The van der Waals surface area contributed by atoms with Crippen LogP contribution in [-0.2, 0) is 11.3 Å². The minimum absolute atomic E-state index is 0.0520. The summed E-state index contributed by atoms with van der Waals surface area (Å²) in [5.74, 6) is 0.104. The first-order chi connectivity index (χ1) is 12.0. The predicted octanol–water partition coefficient (Wildman–Crippen LogP) is 2.62. The van der Waals surface area contributed by atoms with E-state index in [1.165, 1.54) is 4.90 Å². The standard InChI is InChI=1S/C19H20N2O4/c1-13-7-8-15-16(11-13)19(24)21(18(15)23)9-3-6-17(22)20(2)12-14-5-4-10-25-14/h4-5,7-8,10-11H,3,6,9,12H2,1-2H3. The van der Waals surface area contributed by atoms with Gasteiger partial charge in [0.2, 0.25) is 5.91 Å². The number of hydrogen-bond acceptors (Lipinski definition) is 4. The number of aryl methyl sites for hydroxylation is 1. The Morgan fingerprint density at radius 3 is 2.64 bits per heavy atom. The summed E-state index contributed by atoms with van der Waals surface area (Å²) >= 11 is 0. The van der Waals surface area contributed by atoms with Gasteiger partial charge in [-0.15, -0.1) is 0 Å². The van der Waals surface area contributed by atoms with Gasteiger partial charge in [0.05, 0.1) is 23.9 Å². The fraction of sp³-hybridized carbons (Fsp3) is 0.316. The highest BCUT2D eigenvalue weighted by Gasteiger charge is 2.35. The SMILES string of the molecule is Cc1ccc2c(c1)C(=O)N(CCCC(=O)N(C)Cc1ccco1)C2=O. The molecule has 1 aromatic heterocycles. The number of imide groups is 1. The maximum absolute atomic E-state index is 12.4. The molecule has 1 aliphatic heterocycles. The largest absolute Gasteiger partial charge is 0.467 e. The number of rotatable bonds is 6. The maximum Gasteiger partial charge on any atom is 0.261 e. The van der Waals surface area contributed by atoms with Gasteiger partial charge in [0.1, 0.15) is 5.76 Å². The average molecular weight is 340 g/mol. The van der Waals surface area contributed by atoms with Gasteiger partial charge in [-0.05, 0) is 37.6 Å². The summed E-state index contributed by atoms with van der Waals surface area (Å²) < 4.78 is 5.22. The highest BCUT2D eigenvalue weighted by molar-refractivity contribution is 6.21. The van der Waals surface area contributed by atoms with E-state index in [0.717, 1.165) is 5.56 Å². The van der Waals surface area contributed by atoms with Crippen LogP contribution in [0.2, 0.25) is 0 Å². The second-order valence-electron chi connectivity index (χ2n) is 6.24. The van der Waals surface area contributed by atoms with E-state index in [1.54, 1.807) is 36.4 Å². The second-order valence-corrected chi connectivity index (χ2v) is 6.24. The Balaban J connectivity index is 1.53. The molecule has 6 nitrogen and oxygen atoms in total. The molecule has 1 aromatic carbocycles. The molecule has 0 saturated heterocycles. The van der Waals surface area contributed by atoms with Crippen LogP contribution in [0.1, 0.15) is 44.9 Å². The van der Waals surface area contributed by atoms with E-state index in [9.17, 15) is 14.4 Å². The van der Waals surface area contributed by atoms with E-state index in [2.05, 4.69) is 0 Å². The number of furan rings is 1. The molecule has 3 amide bonds. The fourth-order valence-electron chi connectivity index (χ4n) is 2.91. The van der Waals surface area contributed by atoms with Gasteiger partial charge in [0, 0.05) is 20.0 Å². The van der Waals surface area contributed by atoms with Crippen LogP contribution < -0.4 is 0 Å². The number of amides is 3. The summed E-state index contributed by atoms with van der Waals surface area (Å²) in [5, 5.41) is 0. The molecule has 0 aliphatic carbocycles. The minimum Gasteiger partial charge on any atom is -0.467 e. The summed E-state index contributed by atoms with van der Waals surface area (Å²) in [6.07, 6.45) is 2.27. The van der Waals surface area contributed by atoms with Gasteiger partial charge in [-0.1, -0.05) is 11.6 Å². The van der Waals surface area contributed by atoms with Crippen LogP contribution in [0.3, 0.4) is 0 Å². The van der Waals surface area contributed by atoms with Crippen molar-refractivity contribution in [3.63, 3.8) is 0 Å². The first kappa shape index (κ1) is 17.0. The van der Waals surface area contributed by atoms with E-state index < -0.39 is 0 Å². The molecule has 0 spiro atoms. The zero-order chi connectivity index (χ0) is 18.0. The quantitative estimate of drug-likeness (QED) is 0.758. The summed E-state index contributed by atoms with van der Waals surface area (Å²) in [6, 6.07) is 8.83. The van der Waals surface area contributed by atoms with E-state index in [-0.39, 0.29) is 30.7 Å².